The molecule has 0 aliphatic heterocycles. The number of hydrogen-bond acceptors (Lipinski definition) is 3. The number of halogens is 2. The van der Waals surface area contributed by atoms with Gasteiger partial charge in [0.05, 0.1) is 22.1 Å². The lowest BCUT2D eigenvalue weighted by atomic mass is 9.80. The average molecular weight is 459 g/mol. The van der Waals surface area contributed by atoms with Crippen molar-refractivity contribution in [2.75, 3.05) is 6.61 Å². The van der Waals surface area contributed by atoms with Crippen LogP contribution in [0, 0.1) is 23.5 Å². The fourth-order valence-corrected chi connectivity index (χ4v) is 6.65. The number of hydrogen-bond donors (Lipinski definition) is 0. The van der Waals surface area contributed by atoms with Gasteiger partial charge in [-0.2, -0.15) is 0 Å². The molecule has 0 atom stereocenters. The predicted molar refractivity (Wildman–Crippen MR) is 128 cm³/mol. The number of thiophene rings is 1. The molecule has 0 N–H and O–H groups in total. The van der Waals surface area contributed by atoms with Crippen LogP contribution in [-0.4, -0.2) is 12.7 Å². The standard InChI is InChI=1S/C27H32F2O2S/c1-2-5-17-8-10-18(11-9-17)16-30-22-14-12-20-21-13-15-23(31-19-6-3-4-7-19)25(29)27(21)32-26(20)24(22)28/h12-15,17-19H,2-11,16H2,1H3. The Kier molecular flexibility index (Phi) is 6.54. The fourth-order valence-electron chi connectivity index (χ4n) is 5.49. The minimum absolute atomic E-state index is 0.0881. The first-order chi connectivity index (χ1) is 15.6. The molecule has 2 nitrogen and oxygen atoms in total. The molecule has 5 heteroatoms. The zero-order chi connectivity index (χ0) is 22.1. The minimum atomic E-state index is -0.374. The Labute approximate surface area is 192 Å². The molecule has 0 amide bonds. The molecule has 3 aromatic rings. The van der Waals surface area contributed by atoms with Crippen molar-refractivity contribution in [2.24, 2.45) is 11.8 Å². The molecule has 0 saturated heterocycles. The lowest BCUT2D eigenvalue weighted by Gasteiger charge is -2.28. The van der Waals surface area contributed by atoms with E-state index in [1.54, 1.807) is 12.1 Å². The summed E-state index contributed by atoms with van der Waals surface area (Å²) in [7, 11) is 0. The summed E-state index contributed by atoms with van der Waals surface area (Å²) in [5, 5.41) is 1.47. The van der Waals surface area contributed by atoms with Gasteiger partial charge in [-0.25, -0.2) is 8.78 Å². The summed E-state index contributed by atoms with van der Waals surface area (Å²) in [5.41, 5.74) is 0. The Morgan fingerprint density at radius 3 is 2.06 bits per heavy atom. The van der Waals surface area contributed by atoms with E-state index >= 15 is 8.78 Å². The fraction of sp³-hybridized carbons (Fsp3) is 0.556. The molecular formula is C27H32F2O2S. The Balaban J connectivity index is 1.34. The van der Waals surface area contributed by atoms with E-state index in [-0.39, 0.29) is 29.2 Å². The Morgan fingerprint density at radius 2 is 1.41 bits per heavy atom. The van der Waals surface area contributed by atoms with Gasteiger partial charge in [-0.3, -0.25) is 0 Å². The van der Waals surface area contributed by atoms with Crippen molar-refractivity contribution in [2.45, 2.75) is 77.2 Å². The molecule has 2 aromatic carbocycles. The number of fused-ring (bicyclic) bond motifs is 3. The second-order valence-electron chi connectivity index (χ2n) is 9.62. The lowest BCUT2D eigenvalue weighted by molar-refractivity contribution is 0.175. The molecule has 0 spiro atoms. The highest BCUT2D eigenvalue weighted by atomic mass is 32.1. The smallest absolute Gasteiger partial charge is 0.182 e. The molecule has 2 aliphatic carbocycles. The summed E-state index contributed by atoms with van der Waals surface area (Å²) in [6.45, 7) is 2.80. The van der Waals surface area contributed by atoms with Crippen LogP contribution in [0.3, 0.4) is 0 Å². The van der Waals surface area contributed by atoms with Gasteiger partial charge in [-0.05, 0) is 74.6 Å². The van der Waals surface area contributed by atoms with E-state index in [0.29, 0.717) is 21.9 Å². The van der Waals surface area contributed by atoms with E-state index in [1.807, 2.05) is 12.1 Å². The Morgan fingerprint density at radius 1 is 0.812 bits per heavy atom. The van der Waals surface area contributed by atoms with Crippen molar-refractivity contribution in [3.05, 3.63) is 35.9 Å². The third kappa shape index (κ3) is 4.33. The highest BCUT2D eigenvalue weighted by molar-refractivity contribution is 7.25. The van der Waals surface area contributed by atoms with Crippen LogP contribution >= 0.6 is 11.3 Å². The van der Waals surface area contributed by atoms with Gasteiger partial charge in [0.15, 0.2) is 23.1 Å². The van der Waals surface area contributed by atoms with Crippen LogP contribution in [-0.2, 0) is 0 Å². The monoisotopic (exact) mass is 458 g/mol. The second kappa shape index (κ2) is 9.54. The zero-order valence-electron chi connectivity index (χ0n) is 18.8. The molecule has 0 unspecified atom stereocenters. The van der Waals surface area contributed by atoms with Crippen LogP contribution in [0.4, 0.5) is 8.78 Å². The summed E-state index contributed by atoms with van der Waals surface area (Å²) in [6, 6.07) is 7.12. The average Bonchev–Trinajstić information content (AvgIpc) is 3.45. The SMILES string of the molecule is CCCC1CCC(COc2ccc3c(sc4c(F)c(OC5CCCC5)ccc43)c2F)CC1. The van der Waals surface area contributed by atoms with Gasteiger partial charge in [0.25, 0.3) is 0 Å². The van der Waals surface area contributed by atoms with Gasteiger partial charge < -0.3 is 9.47 Å². The molecule has 172 valence electrons. The summed E-state index contributed by atoms with van der Waals surface area (Å²) in [5.74, 6) is 1.16. The van der Waals surface area contributed by atoms with E-state index in [2.05, 4.69) is 6.92 Å². The quantitative estimate of drug-likeness (QED) is 0.353. The van der Waals surface area contributed by atoms with E-state index in [1.165, 1.54) is 25.7 Å². The van der Waals surface area contributed by atoms with Gasteiger partial charge >= 0.3 is 0 Å². The zero-order valence-corrected chi connectivity index (χ0v) is 19.6. The van der Waals surface area contributed by atoms with Crippen LogP contribution < -0.4 is 9.47 Å². The number of benzene rings is 2. The van der Waals surface area contributed by atoms with E-state index < -0.39 is 0 Å². The van der Waals surface area contributed by atoms with Gasteiger partial charge in [0.2, 0.25) is 0 Å². The minimum Gasteiger partial charge on any atom is -0.490 e. The molecular weight excluding hydrogens is 426 g/mol. The van der Waals surface area contributed by atoms with Crippen LogP contribution in [0.5, 0.6) is 11.5 Å². The molecule has 2 fully saturated rings. The van der Waals surface area contributed by atoms with Crippen LogP contribution in [0.15, 0.2) is 24.3 Å². The van der Waals surface area contributed by atoms with Gasteiger partial charge in [-0.15, -0.1) is 11.3 Å². The number of rotatable bonds is 7. The van der Waals surface area contributed by atoms with E-state index in [9.17, 15) is 0 Å². The van der Waals surface area contributed by atoms with Crippen molar-refractivity contribution in [3.8, 4) is 11.5 Å². The second-order valence-corrected chi connectivity index (χ2v) is 10.6. The molecule has 1 aromatic heterocycles. The first-order valence-electron chi connectivity index (χ1n) is 12.3. The summed E-state index contributed by atoms with van der Waals surface area (Å²) < 4.78 is 43.3. The maximum absolute atomic E-state index is 15.3. The third-order valence-corrected chi connectivity index (χ3v) is 8.56. The van der Waals surface area contributed by atoms with Gasteiger partial charge in [0, 0.05) is 10.8 Å². The summed E-state index contributed by atoms with van der Waals surface area (Å²) >= 11 is 1.16. The summed E-state index contributed by atoms with van der Waals surface area (Å²) in [6.07, 6.45) is 11.7. The van der Waals surface area contributed by atoms with Gasteiger partial charge in [-0.1, -0.05) is 32.6 Å². The maximum Gasteiger partial charge on any atom is 0.182 e. The highest BCUT2D eigenvalue weighted by Crippen LogP contribution is 2.42. The van der Waals surface area contributed by atoms with E-state index in [0.717, 1.165) is 66.6 Å². The maximum atomic E-state index is 15.3. The Hall–Kier alpha value is -1.88. The van der Waals surface area contributed by atoms with Crippen molar-refractivity contribution in [1.29, 1.82) is 0 Å². The van der Waals surface area contributed by atoms with Crippen LogP contribution in [0.2, 0.25) is 0 Å². The molecule has 0 radical (unpaired) electrons. The number of ether oxygens (including phenoxy) is 2. The largest absolute Gasteiger partial charge is 0.490 e. The van der Waals surface area contributed by atoms with Crippen LogP contribution in [0.25, 0.3) is 20.2 Å². The molecule has 1 heterocycles. The lowest BCUT2D eigenvalue weighted by Crippen LogP contribution is -2.20. The highest BCUT2D eigenvalue weighted by Gasteiger charge is 2.24. The molecule has 0 bridgehead atoms. The topological polar surface area (TPSA) is 18.5 Å². The normalized spacial score (nSPS) is 22.1. The van der Waals surface area contributed by atoms with Crippen LogP contribution in [0.1, 0.15) is 71.1 Å². The molecule has 5 rings (SSSR count). The first-order valence-corrected chi connectivity index (χ1v) is 13.1. The summed E-state index contributed by atoms with van der Waals surface area (Å²) in [4.78, 5) is 0. The van der Waals surface area contributed by atoms with Crippen molar-refractivity contribution < 1.29 is 18.3 Å². The third-order valence-electron chi connectivity index (χ3n) is 7.35. The molecule has 2 aliphatic rings. The van der Waals surface area contributed by atoms with Crippen molar-refractivity contribution >= 4 is 31.5 Å². The molecule has 32 heavy (non-hydrogen) atoms. The van der Waals surface area contributed by atoms with Gasteiger partial charge in [0.1, 0.15) is 0 Å². The first kappa shape index (κ1) is 21.9. The van der Waals surface area contributed by atoms with Crippen molar-refractivity contribution in [1.82, 2.24) is 0 Å². The van der Waals surface area contributed by atoms with E-state index in [4.69, 9.17) is 9.47 Å². The Bertz CT molecular complexity index is 1080. The molecule has 2 saturated carbocycles. The predicted octanol–water partition coefficient (Wildman–Crippen LogP) is 8.64. The van der Waals surface area contributed by atoms with Crippen molar-refractivity contribution in [3.63, 3.8) is 0 Å².